The van der Waals surface area contributed by atoms with Crippen molar-refractivity contribution in [2.45, 2.75) is 39.2 Å². The molecule has 0 bridgehead atoms. The van der Waals surface area contributed by atoms with Gasteiger partial charge in [0.15, 0.2) is 0 Å². The summed E-state index contributed by atoms with van der Waals surface area (Å²) in [6, 6.07) is 4.46. The number of rotatable bonds is 3. The zero-order chi connectivity index (χ0) is 13.1. The van der Waals surface area contributed by atoms with Crippen LogP contribution in [0.1, 0.15) is 38.8 Å². The highest BCUT2D eigenvalue weighted by Gasteiger charge is 2.26. The third-order valence-corrected chi connectivity index (χ3v) is 4.28. The molecular formula is C14H21N3S. The number of hydrogen-bond donors (Lipinski definition) is 2. The summed E-state index contributed by atoms with van der Waals surface area (Å²) in [7, 11) is 0. The molecule has 1 aliphatic rings. The van der Waals surface area contributed by atoms with E-state index in [1.165, 1.54) is 19.3 Å². The van der Waals surface area contributed by atoms with E-state index in [-0.39, 0.29) is 0 Å². The van der Waals surface area contributed by atoms with Crippen molar-refractivity contribution in [1.29, 1.82) is 0 Å². The lowest BCUT2D eigenvalue weighted by atomic mass is 9.78. The summed E-state index contributed by atoms with van der Waals surface area (Å²) >= 11 is 4.96. The zero-order valence-electron chi connectivity index (χ0n) is 11.0. The van der Waals surface area contributed by atoms with Crippen LogP contribution in [-0.4, -0.2) is 16.0 Å². The molecule has 1 aromatic heterocycles. The maximum atomic E-state index is 5.61. The number of nitrogens with zero attached hydrogens (tertiary/aromatic N) is 1. The second-order valence-corrected chi connectivity index (χ2v) is 5.75. The van der Waals surface area contributed by atoms with Gasteiger partial charge in [0, 0.05) is 17.9 Å². The van der Waals surface area contributed by atoms with E-state index in [2.05, 4.69) is 24.1 Å². The molecule has 0 amide bonds. The van der Waals surface area contributed by atoms with Crippen LogP contribution >= 0.6 is 12.2 Å². The van der Waals surface area contributed by atoms with Gasteiger partial charge in [-0.25, -0.2) is 0 Å². The maximum Gasteiger partial charge on any atom is 0.122 e. The van der Waals surface area contributed by atoms with E-state index in [0.29, 0.717) is 22.6 Å². The lowest BCUT2D eigenvalue weighted by molar-refractivity contribution is 0.253. The van der Waals surface area contributed by atoms with E-state index in [1.807, 2.05) is 12.1 Å². The number of thiocarbonyl (C=S) groups is 1. The summed E-state index contributed by atoms with van der Waals surface area (Å²) in [6.45, 7) is 4.67. The number of pyridine rings is 1. The van der Waals surface area contributed by atoms with Crippen LogP contribution in [0.25, 0.3) is 0 Å². The summed E-state index contributed by atoms with van der Waals surface area (Å²) in [6.07, 6.45) is 5.63. The molecule has 1 heterocycles. The van der Waals surface area contributed by atoms with Gasteiger partial charge in [-0.15, -0.1) is 0 Å². The number of hydrogen-bond acceptors (Lipinski definition) is 3. The van der Waals surface area contributed by atoms with Gasteiger partial charge in [-0.05, 0) is 30.4 Å². The van der Waals surface area contributed by atoms with E-state index >= 15 is 0 Å². The fourth-order valence-corrected chi connectivity index (χ4v) is 2.77. The normalized spacial score (nSPS) is 27.8. The Kier molecular flexibility index (Phi) is 4.17. The molecule has 18 heavy (non-hydrogen) atoms. The van der Waals surface area contributed by atoms with Gasteiger partial charge in [0.25, 0.3) is 0 Å². The van der Waals surface area contributed by atoms with Gasteiger partial charge in [-0.2, -0.15) is 0 Å². The molecule has 0 aromatic carbocycles. The van der Waals surface area contributed by atoms with E-state index < -0.39 is 0 Å². The lowest BCUT2D eigenvalue weighted by Gasteiger charge is -2.35. The number of nitrogens with one attached hydrogen (secondary N) is 1. The van der Waals surface area contributed by atoms with Gasteiger partial charge in [0.1, 0.15) is 4.99 Å². The Morgan fingerprint density at radius 3 is 2.94 bits per heavy atom. The highest BCUT2D eigenvalue weighted by molar-refractivity contribution is 7.80. The van der Waals surface area contributed by atoms with Crippen LogP contribution in [0.2, 0.25) is 0 Å². The number of nitrogens with two attached hydrogens (primary N) is 1. The summed E-state index contributed by atoms with van der Waals surface area (Å²) in [5.41, 5.74) is 7.36. The quantitative estimate of drug-likeness (QED) is 0.823. The minimum absolute atomic E-state index is 0.351. The van der Waals surface area contributed by atoms with Crippen molar-refractivity contribution in [3.05, 3.63) is 24.0 Å². The SMILES string of the molecule is CC1CCCC(Nc2ccnc(C(N)=S)c2)C1C. The van der Waals surface area contributed by atoms with Crippen LogP contribution in [0, 0.1) is 11.8 Å². The Balaban J connectivity index is 2.08. The van der Waals surface area contributed by atoms with Crippen molar-refractivity contribution in [2.75, 3.05) is 5.32 Å². The van der Waals surface area contributed by atoms with E-state index in [0.717, 1.165) is 11.6 Å². The first kappa shape index (κ1) is 13.3. The Morgan fingerprint density at radius 1 is 1.44 bits per heavy atom. The van der Waals surface area contributed by atoms with Crippen LogP contribution in [0.15, 0.2) is 18.3 Å². The van der Waals surface area contributed by atoms with Crippen LogP contribution in [0.3, 0.4) is 0 Å². The third-order valence-electron chi connectivity index (χ3n) is 4.07. The van der Waals surface area contributed by atoms with Crippen LogP contribution in [0.5, 0.6) is 0 Å². The molecule has 0 aliphatic heterocycles. The minimum Gasteiger partial charge on any atom is -0.388 e. The van der Waals surface area contributed by atoms with Crippen LogP contribution < -0.4 is 11.1 Å². The fourth-order valence-electron chi connectivity index (χ4n) is 2.65. The van der Waals surface area contributed by atoms with Gasteiger partial charge >= 0.3 is 0 Å². The first-order chi connectivity index (χ1) is 8.58. The molecule has 0 spiro atoms. The molecule has 1 fully saturated rings. The molecule has 98 valence electrons. The Labute approximate surface area is 114 Å². The van der Waals surface area contributed by atoms with Gasteiger partial charge in [-0.1, -0.05) is 38.9 Å². The van der Waals surface area contributed by atoms with Crippen molar-refractivity contribution in [1.82, 2.24) is 4.98 Å². The standard InChI is InChI=1S/C14H21N3S/c1-9-4-3-5-12(10(9)2)17-11-6-7-16-13(8-11)14(15)18/h6-10,12H,3-5H2,1-2H3,(H2,15,18)(H,16,17). The lowest BCUT2D eigenvalue weighted by Crippen LogP contribution is -2.35. The summed E-state index contributed by atoms with van der Waals surface area (Å²) < 4.78 is 0. The molecule has 1 saturated carbocycles. The molecular weight excluding hydrogens is 242 g/mol. The van der Waals surface area contributed by atoms with Crippen molar-refractivity contribution in [3.63, 3.8) is 0 Å². The average molecular weight is 263 g/mol. The van der Waals surface area contributed by atoms with Crippen LogP contribution in [0.4, 0.5) is 5.69 Å². The molecule has 3 N–H and O–H groups in total. The van der Waals surface area contributed by atoms with Crippen molar-refractivity contribution in [3.8, 4) is 0 Å². The van der Waals surface area contributed by atoms with Crippen molar-refractivity contribution in [2.24, 2.45) is 17.6 Å². The summed E-state index contributed by atoms with van der Waals surface area (Å²) in [4.78, 5) is 4.51. The molecule has 4 heteroatoms. The highest BCUT2D eigenvalue weighted by Crippen LogP contribution is 2.31. The third kappa shape index (κ3) is 2.99. The summed E-state index contributed by atoms with van der Waals surface area (Å²) in [5.74, 6) is 1.48. The Bertz CT molecular complexity index is 433. The van der Waals surface area contributed by atoms with Crippen molar-refractivity contribution < 1.29 is 0 Å². The fraction of sp³-hybridized carbons (Fsp3) is 0.571. The van der Waals surface area contributed by atoms with Gasteiger partial charge in [-0.3, -0.25) is 4.98 Å². The average Bonchev–Trinajstić information content (AvgIpc) is 2.35. The molecule has 1 aromatic rings. The molecule has 3 nitrogen and oxygen atoms in total. The highest BCUT2D eigenvalue weighted by atomic mass is 32.1. The molecule has 2 rings (SSSR count). The van der Waals surface area contributed by atoms with E-state index in [1.54, 1.807) is 6.20 Å². The maximum absolute atomic E-state index is 5.61. The van der Waals surface area contributed by atoms with E-state index in [4.69, 9.17) is 18.0 Å². The zero-order valence-corrected chi connectivity index (χ0v) is 11.8. The first-order valence-corrected chi connectivity index (χ1v) is 7.01. The number of anilines is 1. The first-order valence-electron chi connectivity index (χ1n) is 6.60. The largest absolute Gasteiger partial charge is 0.388 e. The van der Waals surface area contributed by atoms with E-state index in [9.17, 15) is 0 Å². The molecule has 0 saturated heterocycles. The monoisotopic (exact) mass is 263 g/mol. The minimum atomic E-state index is 0.351. The second kappa shape index (κ2) is 5.65. The molecule has 0 radical (unpaired) electrons. The Morgan fingerprint density at radius 2 is 2.22 bits per heavy atom. The molecule has 3 atom stereocenters. The second-order valence-electron chi connectivity index (χ2n) is 5.31. The van der Waals surface area contributed by atoms with Gasteiger partial charge in [0.05, 0.1) is 5.69 Å². The molecule has 1 aliphatic carbocycles. The molecule has 3 unspecified atom stereocenters. The van der Waals surface area contributed by atoms with Crippen molar-refractivity contribution >= 4 is 22.9 Å². The smallest absolute Gasteiger partial charge is 0.122 e. The van der Waals surface area contributed by atoms with Gasteiger partial charge < -0.3 is 11.1 Å². The Hall–Kier alpha value is -1.16. The predicted octanol–water partition coefficient (Wildman–Crippen LogP) is 2.95. The topological polar surface area (TPSA) is 50.9 Å². The van der Waals surface area contributed by atoms with Gasteiger partial charge in [0.2, 0.25) is 0 Å². The number of aromatic nitrogens is 1. The van der Waals surface area contributed by atoms with Crippen LogP contribution in [-0.2, 0) is 0 Å². The predicted molar refractivity (Wildman–Crippen MR) is 79.7 cm³/mol. The summed E-state index contributed by atoms with van der Waals surface area (Å²) in [5, 5.41) is 3.60.